The Balaban J connectivity index is 1.72. The highest BCUT2D eigenvalue weighted by atomic mass is 32.2. The van der Waals surface area contributed by atoms with E-state index < -0.39 is 29.7 Å². The fraction of sp³-hybridized carbons (Fsp3) is 0.235. The molecule has 0 aliphatic heterocycles. The first-order valence-corrected chi connectivity index (χ1v) is 15.1. The van der Waals surface area contributed by atoms with E-state index in [1.165, 1.54) is 23.9 Å². The van der Waals surface area contributed by atoms with E-state index in [-0.39, 0.29) is 0 Å². The first kappa shape index (κ1) is 31.7. The summed E-state index contributed by atoms with van der Waals surface area (Å²) in [5.74, 6) is -0.992. The van der Waals surface area contributed by atoms with E-state index in [2.05, 4.69) is 5.32 Å². The zero-order valence-electron chi connectivity index (χ0n) is 23.9. The summed E-state index contributed by atoms with van der Waals surface area (Å²) >= 11 is 1.51. The van der Waals surface area contributed by atoms with Gasteiger partial charge in [0.1, 0.15) is 6.04 Å². The molecule has 0 heterocycles. The lowest BCUT2D eigenvalue weighted by atomic mass is 9.93. The summed E-state index contributed by atoms with van der Waals surface area (Å²) in [6.45, 7) is 2.74. The number of hydrogen-bond acceptors (Lipinski definition) is 4. The maximum atomic E-state index is 13.5. The summed E-state index contributed by atoms with van der Waals surface area (Å²) in [5, 5.41) is 12.3. The first-order valence-electron chi connectivity index (χ1n) is 13.7. The van der Waals surface area contributed by atoms with Crippen LogP contribution in [-0.2, 0) is 24.1 Å². The number of nitrogens with zero attached hydrogens (tertiary/aromatic N) is 1. The lowest BCUT2D eigenvalue weighted by molar-refractivity contribution is -0.139. The van der Waals surface area contributed by atoms with E-state index in [1.54, 1.807) is 12.1 Å². The number of thioether (sulfide) groups is 1. The molecule has 2 N–H and O–H groups in total. The van der Waals surface area contributed by atoms with Crippen LogP contribution in [0.15, 0.2) is 97.1 Å². The number of aryl methyl sites for hydroxylation is 1. The smallest absolute Gasteiger partial charge is 0.416 e. The van der Waals surface area contributed by atoms with Gasteiger partial charge in [-0.1, -0.05) is 60.7 Å². The quantitative estimate of drug-likeness (QED) is 0.172. The van der Waals surface area contributed by atoms with Gasteiger partial charge in [0.15, 0.2) is 0 Å². The van der Waals surface area contributed by atoms with E-state index in [0.717, 1.165) is 34.4 Å². The first-order chi connectivity index (χ1) is 20.6. The molecular weight excluding hydrogens is 573 g/mol. The Morgan fingerprint density at radius 3 is 2.14 bits per heavy atom. The summed E-state index contributed by atoms with van der Waals surface area (Å²) in [6.07, 6.45) is -2.26. The molecule has 0 aliphatic rings. The number of anilines is 1. The summed E-state index contributed by atoms with van der Waals surface area (Å²) in [6, 6.07) is 26.7. The Morgan fingerprint density at radius 2 is 1.51 bits per heavy atom. The summed E-state index contributed by atoms with van der Waals surface area (Å²) in [5.41, 5.74) is 4.49. The van der Waals surface area contributed by atoms with Gasteiger partial charge >= 0.3 is 12.1 Å². The molecule has 0 spiro atoms. The van der Waals surface area contributed by atoms with Crippen molar-refractivity contribution in [1.82, 2.24) is 5.32 Å². The standard InChI is InChI=1S/C34H33F3N2O3S/c1-23-8-6-7-11-28(23)30-20-25(12-17-29(30)32(40)38-31(33(41)42)18-19-43-2)22-39(21-24-9-4-3-5-10-24)27-15-13-26(14-16-27)34(35,36)37/h3-17,20,31H,18-19,21-22H2,1-2H3,(H,38,40)(H,41,42). The number of carboxylic acid groups (broad SMARTS) is 1. The predicted octanol–water partition coefficient (Wildman–Crippen LogP) is 7.82. The number of carboxylic acids is 1. The molecule has 43 heavy (non-hydrogen) atoms. The number of halogens is 3. The van der Waals surface area contributed by atoms with Crippen molar-refractivity contribution in [2.75, 3.05) is 16.9 Å². The van der Waals surface area contributed by atoms with E-state index in [9.17, 15) is 27.9 Å². The molecule has 0 saturated carbocycles. The highest BCUT2D eigenvalue weighted by Gasteiger charge is 2.30. The third-order valence-corrected chi connectivity index (χ3v) is 7.77. The van der Waals surface area contributed by atoms with Crippen molar-refractivity contribution in [3.8, 4) is 11.1 Å². The van der Waals surface area contributed by atoms with E-state index in [1.807, 2.05) is 78.7 Å². The van der Waals surface area contributed by atoms with E-state index in [0.29, 0.717) is 42.1 Å². The van der Waals surface area contributed by atoms with Crippen LogP contribution in [0.3, 0.4) is 0 Å². The number of carbonyl (C=O) groups is 2. The minimum Gasteiger partial charge on any atom is -0.480 e. The molecule has 4 rings (SSSR count). The highest BCUT2D eigenvalue weighted by Crippen LogP contribution is 2.33. The molecule has 224 valence electrons. The van der Waals surface area contributed by atoms with Crippen molar-refractivity contribution in [3.63, 3.8) is 0 Å². The molecule has 1 atom stereocenters. The maximum absolute atomic E-state index is 13.5. The van der Waals surface area contributed by atoms with Crippen LogP contribution in [0.25, 0.3) is 11.1 Å². The third-order valence-electron chi connectivity index (χ3n) is 7.13. The van der Waals surface area contributed by atoms with Gasteiger partial charge in [0, 0.05) is 24.3 Å². The molecule has 0 fully saturated rings. The van der Waals surface area contributed by atoms with Crippen LogP contribution < -0.4 is 10.2 Å². The van der Waals surface area contributed by atoms with Gasteiger partial charge in [0.2, 0.25) is 0 Å². The van der Waals surface area contributed by atoms with Crippen LogP contribution in [0.1, 0.15) is 39.0 Å². The van der Waals surface area contributed by atoms with Crippen LogP contribution in [0.2, 0.25) is 0 Å². The molecule has 0 aliphatic carbocycles. The van der Waals surface area contributed by atoms with Gasteiger partial charge in [-0.15, -0.1) is 0 Å². The van der Waals surface area contributed by atoms with Crippen molar-refractivity contribution in [2.45, 2.75) is 38.7 Å². The van der Waals surface area contributed by atoms with Crippen LogP contribution >= 0.6 is 11.8 Å². The minimum absolute atomic E-state index is 0.293. The molecule has 9 heteroatoms. The maximum Gasteiger partial charge on any atom is 0.416 e. The van der Waals surface area contributed by atoms with Crippen molar-refractivity contribution >= 4 is 29.3 Å². The zero-order chi connectivity index (χ0) is 31.0. The Hall–Kier alpha value is -4.24. The topological polar surface area (TPSA) is 69.6 Å². The number of rotatable bonds is 12. The number of carbonyl (C=O) groups excluding carboxylic acids is 1. The Kier molecular flexibility index (Phi) is 10.5. The molecule has 4 aromatic rings. The lowest BCUT2D eigenvalue weighted by Gasteiger charge is -2.26. The second-order valence-corrected chi connectivity index (χ2v) is 11.2. The van der Waals surface area contributed by atoms with Gasteiger partial charge in [-0.05, 0) is 89.6 Å². The summed E-state index contributed by atoms with van der Waals surface area (Å²) < 4.78 is 39.8. The molecule has 5 nitrogen and oxygen atoms in total. The fourth-order valence-corrected chi connectivity index (χ4v) is 5.31. The number of alkyl halides is 3. The summed E-state index contributed by atoms with van der Waals surface area (Å²) in [7, 11) is 0. The molecule has 1 unspecified atom stereocenters. The fourth-order valence-electron chi connectivity index (χ4n) is 4.84. The van der Waals surface area contributed by atoms with Crippen molar-refractivity contribution in [3.05, 3.63) is 125 Å². The summed E-state index contributed by atoms with van der Waals surface area (Å²) in [4.78, 5) is 27.3. The van der Waals surface area contributed by atoms with Crippen LogP contribution in [-0.4, -0.2) is 35.0 Å². The van der Waals surface area contributed by atoms with Crippen molar-refractivity contribution in [1.29, 1.82) is 0 Å². The number of aliphatic carboxylic acids is 1. The van der Waals surface area contributed by atoms with E-state index >= 15 is 0 Å². The van der Waals surface area contributed by atoms with Crippen LogP contribution in [0, 0.1) is 6.92 Å². The van der Waals surface area contributed by atoms with Crippen LogP contribution in [0.5, 0.6) is 0 Å². The highest BCUT2D eigenvalue weighted by molar-refractivity contribution is 7.98. The number of amides is 1. The molecule has 0 bridgehead atoms. The van der Waals surface area contributed by atoms with Gasteiger partial charge in [0.05, 0.1) is 5.56 Å². The minimum atomic E-state index is -4.43. The SMILES string of the molecule is CSCCC(NC(=O)c1ccc(CN(Cc2ccccc2)c2ccc(C(F)(F)F)cc2)cc1-c1ccccc1C)C(=O)O. The van der Waals surface area contributed by atoms with E-state index in [4.69, 9.17) is 0 Å². The second-order valence-electron chi connectivity index (χ2n) is 10.2. The van der Waals surface area contributed by atoms with Gasteiger partial charge in [-0.25, -0.2) is 4.79 Å². The molecule has 0 radical (unpaired) electrons. The van der Waals surface area contributed by atoms with Gasteiger partial charge in [0.25, 0.3) is 5.91 Å². The number of nitrogens with one attached hydrogen (secondary N) is 1. The average molecular weight is 607 g/mol. The Labute approximate surface area is 253 Å². The Bertz CT molecular complexity index is 1540. The van der Waals surface area contributed by atoms with Crippen LogP contribution in [0.4, 0.5) is 18.9 Å². The zero-order valence-corrected chi connectivity index (χ0v) is 24.7. The van der Waals surface area contributed by atoms with Gasteiger partial charge < -0.3 is 15.3 Å². The molecule has 1 amide bonds. The monoisotopic (exact) mass is 606 g/mol. The normalized spacial score (nSPS) is 12.0. The molecule has 0 aromatic heterocycles. The molecular formula is C34H33F3N2O3S. The molecule has 4 aromatic carbocycles. The lowest BCUT2D eigenvalue weighted by Crippen LogP contribution is -2.41. The van der Waals surface area contributed by atoms with Gasteiger partial charge in [-0.3, -0.25) is 4.79 Å². The number of benzene rings is 4. The van der Waals surface area contributed by atoms with Crippen molar-refractivity contribution < 1.29 is 27.9 Å². The molecule has 0 saturated heterocycles. The van der Waals surface area contributed by atoms with Crippen molar-refractivity contribution in [2.24, 2.45) is 0 Å². The average Bonchev–Trinajstić information content (AvgIpc) is 2.99. The van der Waals surface area contributed by atoms with Gasteiger partial charge in [-0.2, -0.15) is 24.9 Å². The third kappa shape index (κ3) is 8.41. The largest absolute Gasteiger partial charge is 0.480 e. The predicted molar refractivity (Wildman–Crippen MR) is 166 cm³/mol. The second kappa shape index (κ2) is 14.3. The Morgan fingerprint density at radius 1 is 0.860 bits per heavy atom. The number of hydrogen-bond donors (Lipinski definition) is 2.